The van der Waals surface area contributed by atoms with E-state index in [2.05, 4.69) is 17.6 Å². The smallest absolute Gasteiger partial charge is 0.253 e. The predicted molar refractivity (Wildman–Crippen MR) is 66.1 cm³/mol. The van der Waals surface area contributed by atoms with Crippen LogP contribution in [0.15, 0.2) is 18.2 Å². The molecule has 1 aliphatic carbocycles. The van der Waals surface area contributed by atoms with E-state index in [-0.39, 0.29) is 11.4 Å². The number of halogens is 1. The van der Waals surface area contributed by atoms with Crippen molar-refractivity contribution in [3.05, 3.63) is 28.8 Å². The third-order valence-corrected chi connectivity index (χ3v) is 3.15. The Morgan fingerprint density at radius 3 is 2.69 bits per heavy atom. The Balaban J connectivity index is 2.24. The summed E-state index contributed by atoms with van der Waals surface area (Å²) in [6, 6.07) is 5.27. The average Bonchev–Trinajstić information content (AvgIpc) is 2.96. The molecule has 0 heterocycles. The molecule has 1 saturated carbocycles. The van der Waals surface area contributed by atoms with Gasteiger partial charge in [0.05, 0.1) is 5.56 Å². The largest absolute Gasteiger partial charge is 0.387 e. The molecule has 0 atom stereocenters. The standard InChI is InChI=1S/C12H15ClN2O/c1-12(5-6-12)15-11(16)9-7-8(13)3-4-10(9)14-2/h3-4,7,14H,5-6H2,1-2H3,(H,15,16). The molecule has 1 fully saturated rings. The van der Waals surface area contributed by atoms with E-state index in [0.717, 1.165) is 18.5 Å². The van der Waals surface area contributed by atoms with Gasteiger partial charge in [0.1, 0.15) is 0 Å². The molecule has 4 heteroatoms. The monoisotopic (exact) mass is 238 g/mol. The minimum absolute atomic E-state index is 0.00951. The van der Waals surface area contributed by atoms with Gasteiger partial charge >= 0.3 is 0 Å². The Kier molecular flexibility index (Phi) is 2.80. The fourth-order valence-corrected chi connectivity index (χ4v) is 1.75. The quantitative estimate of drug-likeness (QED) is 0.850. The highest BCUT2D eigenvalue weighted by Crippen LogP contribution is 2.35. The lowest BCUT2D eigenvalue weighted by atomic mass is 10.1. The van der Waals surface area contributed by atoms with E-state index in [4.69, 9.17) is 11.6 Å². The van der Waals surface area contributed by atoms with E-state index in [9.17, 15) is 4.79 Å². The molecular weight excluding hydrogens is 224 g/mol. The van der Waals surface area contributed by atoms with Gasteiger partial charge < -0.3 is 10.6 Å². The molecule has 2 N–H and O–H groups in total. The van der Waals surface area contributed by atoms with Gasteiger partial charge in [-0.05, 0) is 38.0 Å². The molecule has 0 aromatic heterocycles. The number of amides is 1. The first-order valence-corrected chi connectivity index (χ1v) is 5.72. The van der Waals surface area contributed by atoms with Crippen LogP contribution in [0.25, 0.3) is 0 Å². The van der Waals surface area contributed by atoms with E-state index in [1.165, 1.54) is 0 Å². The van der Waals surface area contributed by atoms with Crippen LogP contribution in [0.5, 0.6) is 0 Å². The maximum Gasteiger partial charge on any atom is 0.253 e. The normalized spacial score (nSPS) is 16.7. The average molecular weight is 239 g/mol. The van der Waals surface area contributed by atoms with Gasteiger partial charge in [0, 0.05) is 23.3 Å². The van der Waals surface area contributed by atoms with Gasteiger partial charge in [0.25, 0.3) is 5.91 Å². The summed E-state index contributed by atoms with van der Waals surface area (Å²) < 4.78 is 0. The Morgan fingerprint density at radius 2 is 2.12 bits per heavy atom. The van der Waals surface area contributed by atoms with Crippen molar-refractivity contribution in [1.82, 2.24) is 5.32 Å². The molecule has 16 heavy (non-hydrogen) atoms. The number of carbonyl (C=O) groups is 1. The van der Waals surface area contributed by atoms with Crippen LogP contribution in [0, 0.1) is 0 Å². The lowest BCUT2D eigenvalue weighted by Crippen LogP contribution is -2.34. The Hall–Kier alpha value is -1.22. The van der Waals surface area contributed by atoms with Gasteiger partial charge in [-0.1, -0.05) is 11.6 Å². The van der Waals surface area contributed by atoms with Gasteiger partial charge in [0.15, 0.2) is 0 Å². The van der Waals surface area contributed by atoms with Crippen LogP contribution >= 0.6 is 11.6 Å². The molecule has 0 bridgehead atoms. The second kappa shape index (κ2) is 3.98. The molecule has 3 nitrogen and oxygen atoms in total. The van der Waals surface area contributed by atoms with E-state index in [1.807, 2.05) is 6.07 Å². The first-order valence-electron chi connectivity index (χ1n) is 5.34. The van der Waals surface area contributed by atoms with Crippen LogP contribution in [0.1, 0.15) is 30.1 Å². The van der Waals surface area contributed by atoms with Gasteiger partial charge in [-0.2, -0.15) is 0 Å². The zero-order valence-corrected chi connectivity index (χ0v) is 10.2. The van der Waals surface area contributed by atoms with E-state index in [0.29, 0.717) is 10.6 Å². The van der Waals surface area contributed by atoms with Crippen molar-refractivity contribution in [3.8, 4) is 0 Å². The van der Waals surface area contributed by atoms with Gasteiger partial charge in [-0.25, -0.2) is 0 Å². The number of carbonyl (C=O) groups excluding carboxylic acids is 1. The minimum Gasteiger partial charge on any atom is -0.387 e. The van der Waals surface area contributed by atoms with Crippen molar-refractivity contribution in [2.45, 2.75) is 25.3 Å². The molecule has 0 spiro atoms. The Bertz CT molecular complexity index is 427. The van der Waals surface area contributed by atoms with Crippen molar-refractivity contribution in [2.24, 2.45) is 0 Å². The first kappa shape index (κ1) is 11.3. The maximum absolute atomic E-state index is 12.0. The van der Waals surface area contributed by atoms with Crippen molar-refractivity contribution >= 4 is 23.2 Å². The van der Waals surface area contributed by atoms with Crippen molar-refractivity contribution in [1.29, 1.82) is 0 Å². The molecule has 86 valence electrons. The molecule has 1 aliphatic rings. The molecule has 0 saturated heterocycles. The summed E-state index contributed by atoms with van der Waals surface area (Å²) in [4.78, 5) is 12.0. The van der Waals surface area contributed by atoms with Crippen LogP contribution in [-0.2, 0) is 0 Å². The SMILES string of the molecule is CNc1ccc(Cl)cc1C(=O)NC1(C)CC1. The number of hydrogen-bond acceptors (Lipinski definition) is 2. The van der Waals surface area contributed by atoms with Crippen molar-refractivity contribution in [3.63, 3.8) is 0 Å². The summed E-state index contributed by atoms with van der Waals surface area (Å²) >= 11 is 5.90. The molecule has 1 aromatic rings. The van der Waals surface area contributed by atoms with E-state index >= 15 is 0 Å². The number of nitrogens with one attached hydrogen (secondary N) is 2. The summed E-state index contributed by atoms with van der Waals surface area (Å²) in [5, 5.41) is 6.58. The molecule has 1 aromatic carbocycles. The van der Waals surface area contributed by atoms with Crippen LogP contribution in [0.2, 0.25) is 5.02 Å². The second-order valence-corrected chi connectivity index (χ2v) is 4.89. The summed E-state index contributed by atoms with van der Waals surface area (Å²) in [5.41, 5.74) is 1.39. The van der Waals surface area contributed by atoms with Crippen LogP contribution in [-0.4, -0.2) is 18.5 Å². The van der Waals surface area contributed by atoms with Gasteiger partial charge in [-0.3, -0.25) is 4.79 Å². The van der Waals surface area contributed by atoms with Gasteiger partial charge in [-0.15, -0.1) is 0 Å². The fraction of sp³-hybridized carbons (Fsp3) is 0.417. The highest BCUT2D eigenvalue weighted by Gasteiger charge is 2.39. The highest BCUT2D eigenvalue weighted by atomic mass is 35.5. The summed E-state index contributed by atoms with van der Waals surface area (Å²) in [6.45, 7) is 2.05. The van der Waals surface area contributed by atoms with Crippen molar-refractivity contribution in [2.75, 3.05) is 12.4 Å². The molecule has 2 rings (SSSR count). The van der Waals surface area contributed by atoms with E-state index < -0.39 is 0 Å². The lowest BCUT2D eigenvalue weighted by molar-refractivity contribution is 0.0936. The fourth-order valence-electron chi connectivity index (χ4n) is 1.58. The lowest BCUT2D eigenvalue weighted by Gasteiger charge is -2.14. The number of benzene rings is 1. The summed E-state index contributed by atoms with van der Waals surface area (Å²) in [5.74, 6) is -0.0631. The predicted octanol–water partition coefficient (Wildman–Crippen LogP) is 2.66. The first-order chi connectivity index (χ1) is 7.54. The van der Waals surface area contributed by atoms with Gasteiger partial charge in [0.2, 0.25) is 0 Å². The van der Waals surface area contributed by atoms with E-state index in [1.54, 1.807) is 19.2 Å². The molecule has 1 amide bonds. The Labute approximate surface area is 100 Å². The minimum atomic E-state index is -0.0631. The summed E-state index contributed by atoms with van der Waals surface area (Å²) in [7, 11) is 1.79. The molecule has 0 radical (unpaired) electrons. The third-order valence-electron chi connectivity index (χ3n) is 2.91. The number of hydrogen-bond donors (Lipinski definition) is 2. The second-order valence-electron chi connectivity index (χ2n) is 4.45. The zero-order valence-electron chi connectivity index (χ0n) is 9.43. The third kappa shape index (κ3) is 2.30. The zero-order chi connectivity index (χ0) is 11.8. The Morgan fingerprint density at radius 1 is 1.44 bits per heavy atom. The number of rotatable bonds is 3. The van der Waals surface area contributed by atoms with Crippen molar-refractivity contribution < 1.29 is 4.79 Å². The maximum atomic E-state index is 12.0. The molecular formula is C12H15ClN2O. The van der Waals surface area contributed by atoms with Crippen LogP contribution in [0.4, 0.5) is 5.69 Å². The molecule has 0 unspecified atom stereocenters. The highest BCUT2D eigenvalue weighted by molar-refractivity contribution is 6.31. The number of anilines is 1. The van der Waals surface area contributed by atoms with Crippen LogP contribution < -0.4 is 10.6 Å². The van der Waals surface area contributed by atoms with Crippen LogP contribution in [0.3, 0.4) is 0 Å². The summed E-state index contributed by atoms with van der Waals surface area (Å²) in [6.07, 6.45) is 2.10. The topological polar surface area (TPSA) is 41.1 Å². The molecule has 0 aliphatic heterocycles.